The maximum Gasteiger partial charge on any atom is 0.339 e. The van der Waals surface area contributed by atoms with Crippen LogP contribution < -0.4 is 10.2 Å². The van der Waals surface area contributed by atoms with Gasteiger partial charge in [-0.3, -0.25) is 4.98 Å². The molecule has 1 fully saturated rings. The van der Waals surface area contributed by atoms with Gasteiger partial charge < -0.3 is 19.5 Å². The number of methoxy groups -OCH3 is 1. The van der Waals surface area contributed by atoms with E-state index in [0.29, 0.717) is 15.7 Å². The molecule has 0 unspecified atom stereocenters. The maximum absolute atomic E-state index is 12.5. The number of benzene rings is 2. The molecule has 3 heterocycles. The monoisotopic (exact) mass is 516 g/mol. The molecule has 0 saturated carbocycles. The molecular weight excluding hydrogens is 492 g/mol. The number of nitrogens with zero attached hydrogens (tertiary/aromatic N) is 3. The van der Waals surface area contributed by atoms with E-state index >= 15 is 0 Å². The van der Waals surface area contributed by atoms with Crippen molar-refractivity contribution in [2.45, 2.75) is 25.9 Å². The van der Waals surface area contributed by atoms with Crippen molar-refractivity contribution in [1.29, 1.82) is 0 Å². The Labute approximate surface area is 220 Å². The Morgan fingerprint density at radius 3 is 2.47 bits per heavy atom. The van der Waals surface area contributed by atoms with Crippen LogP contribution in [0.4, 0.5) is 5.69 Å². The van der Waals surface area contributed by atoms with Gasteiger partial charge in [-0.25, -0.2) is 4.79 Å². The van der Waals surface area contributed by atoms with E-state index in [9.17, 15) is 4.79 Å². The van der Waals surface area contributed by atoms with Gasteiger partial charge in [-0.2, -0.15) is 0 Å². The number of rotatable bonds is 5. The third kappa shape index (κ3) is 4.14. The predicted octanol–water partition coefficient (Wildman–Crippen LogP) is 6.11. The standard InChI is InChI=1S/C28H25ClN4O2S/c1-17-16-22(18(2)32(17)24-10-5-4-8-21(24)27(34)35-3)26-25(23-9-6-7-15-30-23)31-28(36)33(26)20-13-11-19(29)12-14-20/h4-16,25-26H,1-3H3,(H,31,36)/t25-,26+/m1/s1. The first-order chi connectivity index (χ1) is 17.4. The first-order valence-electron chi connectivity index (χ1n) is 11.5. The average Bonchev–Trinajstić information content (AvgIpc) is 3.39. The van der Waals surface area contributed by atoms with Gasteiger partial charge in [-0.1, -0.05) is 29.8 Å². The third-order valence-electron chi connectivity index (χ3n) is 6.54. The number of hydrogen-bond donors (Lipinski definition) is 1. The molecule has 6 nitrogen and oxygen atoms in total. The molecule has 0 aliphatic carbocycles. The number of halogens is 1. The summed E-state index contributed by atoms with van der Waals surface area (Å²) >= 11 is 12.0. The molecule has 8 heteroatoms. The molecule has 2 aromatic carbocycles. The zero-order valence-electron chi connectivity index (χ0n) is 20.1. The van der Waals surface area contributed by atoms with Crippen LogP contribution in [-0.4, -0.2) is 27.7 Å². The molecule has 0 amide bonds. The van der Waals surface area contributed by atoms with E-state index in [-0.39, 0.29) is 18.1 Å². The lowest BCUT2D eigenvalue weighted by atomic mass is 9.96. The van der Waals surface area contributed by atoms with E-state index in [4.69, 9.17) is 28.6 Å². The van der Waals surface area contributed by atoms with Gasteiger partial charge in [0.1, 0.15) is 0 Å². The van der Waals surface area contributed by atoms with Gasteiger partial charge in [0, 0.05) is 28.3 Å². The number of pyridine rings is 1. The van der Waals surface area contributed by atoms with Crippen LogP contribution in [0.15, 0.2) is 79.0 Å². The van der Waals surface area contributed by atoms with Crippen molar-refractivity contribution in [3.63, 3.8) is 0 Å². The summed E-state index contributed by atoms with van der Waals surface area (Å²) in [4.78, 5) is 19.3. The molecule has 2 aromatic heterocycles. The molecule has 1 aliphatic heterocycles. The van der Waals surface area contributed by atoms with Crippen molar-refractivity contribution in [3.8, 4) is 5.69 Å². The van der Waals surface area contributed by atoms with E-state index in [0.717, 1.165) is 34.0 Å². The minimum atomic E-state index is -0.377. The summed E-state index contributed by atoms with van der Waals surface area (Å²) in [5, 5.41) is 4.76. The van der Waals surface area contributed by atoms with Crippen LogP contribution in [0.1, 0.15) is 45.1 Å². The summed E-state index contributed by atoms with van der Waals surface area (Å²) in [7, 11) is 1.40. The maximum atomic E-state index is 12.5. The lowest BCUT2D eigenvalue weighted by molar-refractivity contribution is 0.0600. The van der Waals surface area contributed by atoms with Crippen molar-refractivity contribution in [3.05, 3.63) is 112 Å². The second-order valence-corrected chi connectivity index (χ2v) is 9.47. The van der Waals surface area contributed by atoms with E-state index < -0.39 is 0 Å². The lowest BCUT2D eigenvalue weighted by Gasteiger charge is -2.28. The fourth-order valence-corrected chi connectivity index (χ4v) is 5.43. The smallest absolute Gasteiger partial charge is 0.339 e. The van der Waals surface area contributed by atoms with Crippen molar-refractivity contribution in [2.24, 2.45) is 0 Å². The van der Waals surface area contributed by atoms with Gasteiger partial charge in [0.25, 0.3) is 0 Å². The van der Waals surface area contributed by atoms with E-state index in [1.54, 1.807) is 12.3 Å². The molecule has 0 spiro atoms. The van der Waals surface area contributed by atoms with Crippen LogP contribution in [0, 0.1) is 13.8 Å². The van der Waals surface area contributed by atoms with Gasteiger partial charge in [0.15, 0.2) is 5.11 Å². The predicted molar refractivity (Wildman–Crippen MR) is 146 cm³/mol. The highest BCUT2D eigenvalue weighted by atomic mass is 35.5. The Bertz CT molecular complexity index is 1440. The third-order valence-corrected chi connectivity index (χ3v) is 7.11. The fourth-order valence-electron chi connectivity index (χ4n) is 4.96. The number of ether oxygens (including phenoxy) is 1. The van der Waals surface area contributed by atoms with Gasteiger partial charge in [0.05, 0.1) is 36.1 Å². The number of esters is 1. The van der Waals surface area contributed by atoms with Crippen molar-refractivity contribution in [2.75, 3.05) is 12.0 Å². The van der Waals surface area contributed by atoms with Gasteiger partial charge in [0.2, 0.25) is 0 Å². The van der Waals surface area contributed by atoms with Gasteiger partial charge >= 0.3 is 5.97 Å². The SMILES string of the molecule is COC(=O)c1ccccc1-n1c(C)cc([C@H]2[C@@H](c3ccccn3)NC(=S)N2c2ccc(Cl)cc2)c1C. The molecule has 4 aromatic rings. The Kier molecular flexibility index (Phi) is 6.51. The molecule has 36 heavy (non-hydrogen) atoms. The Balaban J connectivity index is 1.69. The summed E-state index contributed by atoms with van der Waals surface area (Å²) in [5.74, 6) is -0.377. The number of thiocarbonyl (C=S) groups is 1. The quantitative estimate of drug-likeness (QED) is 0.255. The molecule has 182 valence electrons. The van der Waals surface area contributed by atoms with Crippen LogP contribution in [0.3, 0.4) is 0 Å². The van der Waals surface area contributed by atoms with Gasteiger partial charge in [-0.15, -0.1) is 0 Å². The summed E-state index contributed by atoms with van der Waals surface area (Å²) in [5.41, 5.74) is 6.16. The fraction of sp³-hybridized carbons (Fsp3) is 0.179. The highest BCUT2D eigenvalue weighted by Crippen LogP contribution is 2.44. The van der Waals surface area contributed by atoms with Crippen molar-refractivity contribution >= 4 is 40.6 Å². The second kappa shape index (κ2) is 9.76. The zero-order valence-corrected chi connectivity index (χ0v) is 21.7. The first-order valence-corrected chi connectivity index (χ1v) is 12.3. The number of carbonyl (C=O) groups is 1. The number of anilines is 1. The topological polar surface area (TPSA) is 59.4 Å². The van der Waals surface area contributed by atoms with Crippen LogP contribution in [0.25, 0.3) is 5.69 Å². The highest BCUT2D eigenvalue weighted by Gasteiger charge is 2.42. The molecule has 0 radical (unpaired) electrons. The Morgan fingerprint density at radius 1 is 1.06 bits per heavy atom. The number of para-hydroxylation sites is 1. The molecule has 1 saturated heterocycles. The van der Waals surface area contributed by atoms with E-state index in [1.807, 2.05) is 67.6 Å². The Morgan fingerprint density at radius 2 is 1.78 bits per heavy atom. The van der Waals surface area contributed by atoms with Crippen molar-refractivity contribution < 1.29 is 9.53 Å². The van der Waals surface area contributed by atoms with Crippen LogP contribution >= 0.6 is 23.8 Å². The molecule has 1 aliphatic rings. The number of nitrogens with one attached hydrogen (secondary N) is 1. The first kappa shape index (κ1) is 24.0. The van der Waals surface area contributed by atoms with E-state index in [1.165, 1.54) is 7.11 Å². The minimum Gasteiger partial charge on any atom is -0.465 e. The normalized spacial score (nSPS) is 17.2. The number of hydrogen-bond acceptors (Lipinski definition) is 4. The molecule has 0 bridgehead atoms. The second-order valence-electron chi connectivity index (χ2n) is 8.64. The van der Waals surface area contributed by atoms with Gasteiger partial charge in [-0.05, 0) is 86.2 Å². The number of aryl methyl sites for hydroxylation is 1. The summed E-state index contributed by atoms with van der Waals surface area (Å²) in [6, 6.07) is 22.8. The molecular formula is C28H25ClN4O2S. The zero-order chi connectivity index (χ0) is 25.4. The molecule has 5 rings (SSSR count). The van der Waals surface area contributed by atoms with Crippen LogP contribution in [-0.2, 0) is 4.74 Å². The number of carbonyl (C=O) groups excluding carboxylic acids is 1. The Hall–Kier alpha value is -3.68. The van der Waals surface area contributed by atoms with Crippen LogP contribution in [0.2, 0.25) is 5.02 Å². The number of aromatic nitrogens is 2. The molecule has 1 N–H and O–H groups in total. The highest BCUT2D eigenvalue weighted by molar-refractivity contribution is 7.80. The van der Waals surface area contributed by atoms with Crippen molar-refractivity contribution in [1.82, 2.24) is 14.9 Å². The lowest BCUT2D eigenvalue weighted by Crippen LogP contribution is -2.29. The molecule has 2 atom stereocenters. The van der Waals surface area contributed by atoms with E-state index in [2.05, 4.69) is 32.8 Å². The minimum absolute atomic E-state index is 0.181. The summed E-state index contributed by atoms with van der Waals surface area (Å²) in [6.45, 7) is 4.10. The average molecular weight is 517 g/mol. The summed E-state index contributed by atoms with van der Waals surface area (Å²) in [6.07, 6.45) is 1.79. The van der Waals surface area contributed by atoms with Crippen LogP contribution in [0.5, 0.6) is 0 Å². The summed E-state index contributed by atoms with van der Waals surface area (Å²) < 4.78 is 7.15. The largest absolute Gasteiger partial charge is 0.465 e.